The van der Waals surface area contributed by atoms with E-state index in [9.17, 15) is 14.4 Å². The van der Waals surface area contributed by atoms with Crippen LogP contribution in [-0.4, -0.2) is 37.0 Å². The molecule has 118 valence electrons. The summed E-state index contributed by atoms with van der Waals surface area (Å²) < 4.78 is 4.85. The minimum atomic E-state index is -0.539. The molecule has 6 heteroatoms. The summed E-state index contributed by atoms with van der Waals surface area (Å²) in [6.45, 7) is 9.66. The summed E-state index contributed by atoms with van der Waals surface area (Å²) in [6, 6.07) is 0. The van der Waals surface area contributed by atoms with Crippen molar-refractivity contribution >= 4 is 17.8 Å². The first kappa shape index (κ1) is 18.9. The largest absolute Gasteiger partial charge is 0.460 e. The highest BCUT2D eigenvalue weighted by molar-refractivity contribution is 5.94. The van der Waals surface area contributed by atoms with Crippen LogP contribution in [0.15, 0.2) is 24.3 Å². The quantitative estimate of drug-likeness (QED) is 0.379. The van der Waals surface area contributed by atoms with Crippen molar-refractivity contribution in [3.05, 3.63) is 24.3 Å². The van der Waals surface area contributed by atoms with Gasteiger partial charge in [0.15, 0.2) is 0 Å². The molecule has 0 fully saturated rings. The van der Waals surface area contributed by atoms with Gasteiger partial charge in [-0.3, -0.25) is 9.59 Å². The molecule has 0 aliphatic carbocycles. The van der Waals surface area contributed by atoms with Gasteiger partial charge >= 0.3 is 5.97 Å². The van der Waals surface area contributed by atoms with E-state index in [1.54, 1.807) is 20.8 Å². The third-order valence-electron chi connectivity index (χ3n) is 2.30. The lowest BCUT2D eigenvalue weighted by Gasteiger charge is -2.05. The van der Waals surface area contributed by atoms with E-state index < -0.39 is 5.97 Å². The highest BCUT2D eigenvalue weighted by Crippen LogP contribution is 1.91. The second-order valence-corrected chi connectivity index (χ2v) is 4.85. The summed E-state index contributed by atoms with van der Waals surface area (Å²) in [6.07, 6.45) is 3.51. The van der Waals surface area contributed by atoms with E-state index in [1.807, 2.05) is 0 Å². The third kappa shape index (κ3) is 11.4. The molecule has 0 radical (unpaired) electrons. The van der Waals surface area contributed by atoms with Crippen molar-refractivity contribution < 1.29 is 19.1 Å². The summed E-state index contributed by atoms with van der Waals surface area (Å²) >= 11 is 0. The maximum absolute atomic E-state index is 11.4. The zero-order valence-corrected chi connectivity index (χ0v) is 12.9. The first-order chi connectivity index (χ1) is 9.82. The monoisotopic (exact) mass is 296 g/mol. The maximum Gasteiger partial charge on any atom is 0.331 e. The fourth-order valence-electron chi connectivity index (χ4n) is 1.29. The molecule has 0 unspecified atom stereocenters. The number of amides is 2. The fourth-order valence-corrected chi connectivity index (χ4v) is 1.29. The lowest BCUT2D eigenvalue weighted by molar-refractivity contribution is -0.141. The smallest absolute Gasteiger partial charge is 0.331 e. The predicted molar refractivity (Wildman–Crippen MR) is 80.4 cm³/mol. The van der Waals surface area contributed by atoms with Gasteiger partial charge < -0.3 is 15.4 Å². The molecule has 0 aromatic rings. The molecule has 0 saturated carbocycles. The van der Waals surface area contributed by atoms with E-state index in [4.69, 9.17) is 4.74 Å². The van der Waals surface area contributed by atoms with E-state index in [1.165, 1.54) is 0 Å². The van der Waals surface area contributed by atoms with Crippen molar-refractivity contribution in [2.24, 2.45) is 0 Å². The minimum Gasteiger partial charge on any atom is -0.460 e. The summed E-state index contributed by atoms with van der Waals surface area (Å²) in [5.41, 5.74) is 0.474. The molecule has 0 spiro atoms. The molecule has 21 heavy (non-hydrogen) atoms. The highest BCUT2D eigenvalue weighted by atomic mass is 16.5. The Morgan fingerprint density at radius 1 is 1.10 bits per heavy atom. The van der Waals surface area contributed by atoms with Gasteiger partial charge in [-0.05, 0) is 33.6 Å². The summed E-state index contributed by atoms with van der Waals surface area (Å²) in [5.74, 6) is -1.05. The van der Waals surface area contributed by atoms with Crippen LogP contribution in [0.25, 0.3) is 0 Å². The van der Waals surface area contributed by atoms with Gasteiger partial charge in [-0.2, -0.15) is 0 Å². The maximum atomic E-state index is 11.4. The van der Waals surface area contributed by atoms with Gasteiger partial charge in [0.1, 0.15) is 0 Å². The Balaban J connectivity index is 3.67. The lowest BCUT2D eigenvalue weighted by Crippen LogP contribution is -2.26. The predicted octanol–water partition coefficient (Wildman–Crippen LogP) is 1.08. The second-order valence-electron chi connectivity index (χ2n) is 4.85. The molecule has 0 aromatic heterocycles. The Hall–Kier alpha value is -2.11. The Bertz CT molecular complexity index is 414. The molecule has 0 saturated heterocycles. The van der Waals surface area contributed by atoms with Gasteiger partial charge in [0.05, 0.1) is 6.10 Å². The SMILES string of the molecule is C=C(C)C(=O)NCCCCNC(=O)/C=C/C(=O)OC(C)C. The molecule has 0 bridgehead atoms. The first-order valence-electron chi connectivity index (χ1n) is 6.93. The molecule has 0 rings (SSSR count). The topological polar surface area (TPSA) is 84.5 Å². The van der Waals surface area contributed by atoms with Gasteiger partial charge in [0.2, 0.25) is 11.8 Å². The molecule has 0 aliphatic heterocycles. The zero-order chi connectivity index (χ0) is 16.3. The lowest BCUT2D eigenvalue weighted by atomic mass is 10.3. The van der Waals surface area contributed by atoms with E-state index >= 15 is 0 Å². The van der Waals surface area contributed by atoms with Crippen LogP contribution in [0.1, 0.15) is 33.6 Å². The number of rotatable bonds is 9. The van der Waals surface area contributed by atoms with Gasteiger partial charge in [-0.25, -0.2) is 4.79 Å². The van der Waals surface area contributed by atoms with Crippen molar-refractivity contribution in [3.8, 4) is 0 Å². The number of hydrogen-bond donors (Lipinski definition) is 2. The van der Waals surface area contributed by atoms with Crippen LogP contribution >= 0.6 is 0 Å². The standard InChI is InChI=1S/C15H24N2O4/c1-11(2)15(20)17-10-6-5-9-16-13(18)7-8-14(19)21-12(3)4/h7-8,12H,1,5-6,9-10H2,2-4H3,(H,16,18)(H,17,20)/b8-7+. The van der Waals surface area contributed by atoms with Crippen molar-refractivity contribution in [1.29, 1.82) is 0 Å². The number of hydrogen-bond acceptors (Lipinski definition) is 4. The van der Waals surface area contributed by atoms with Crippen molar-refractivity contribution in [1.82, 2.24) is 10.6 Å². The van der Waals surface area contributed by atoms with Crippen LogP contribution in [0.2, 0.25) is 0 Å². The highest BCUT2D eigenvalue weighted by Gasteiger charge is 2.02. The number of nitrogens with one attached hydrogen (secondary N) is 2. The third-order valence-corrected chi connectivity index (χ3v) is 2.30. The van der Waals surface area contributed by atoms with E-state index in [0.29, 0.717) is 18.7 Å². The molecule has 0 heterocycles. The van der Waals surface area contributed by atoms with Crippen LogP contribution in [-0.2, 0) is 19.1 Å². The van der Waals surface area contributed by atoms with Gasteiger partial charge in [-0.15, -0.1) is 0 Å². The number of carbonyl (C=O) groups excluding carboxylic acids is 3. The van der Waals surface area contributed by atoms with Crippen LogP contribution < -0.4 is 10.6 Å². The normalized spacial score (nSPS) is 10.5. The van der Waals surface area contributed by atoms with E-state index in [-0.39, 0.29) is 17.9 Å². The Kier molecular flexibility index (Phi) is 9.58. The van der Waals surface area contributed by atoms with Gasteiger partial charge in [-0.1, -0.05) is 6.58 Å². The molecule has 0 aliphatic rings. The Labute approximate surface area is 125 Å². The molecular weight excluding hydrogens is 272 g/mol. The molecule has 2 N–H and O–H groups in total. The van der Waals surface area contributed by atoms with Crippen LogP contribution in [0, 0.1) is 0 Å². The molecule has 6 nitrogen and oxygen atoms in total. The summed E-state index contributed by atoms with van der Waals surface area (Å²) in [4.78, 5) is 33.7. The minimum absolute atomic E-state index is 0.161. The zero-order valence-electron chi connectivity index (χ0n) is 12.9. The first-order valence-corrected chi connectivity index (χ1v) is 6.93. The molecule has 2 amide bonds. The van der Waals surface area contributed by atoms with Crippen LogP contribution in [0.3, 0.4) is 0 Å². The molecule has 0 atom stereocenters. The Morgan fingerprint density at radius 3 is 2.19 bits per heavy atom. The number of unbranched alkanes of at least 4 members (excludes halogenated alkanes) is 1. The number of ether oxygens (including phenoxy) is 1. The van der Waals surface area contributed by atoms with Gasteiger partial charge in [0, 0.05) is 30.8 Å². The molecular formula is C15H24N2O4. The van der Waals surface area contributed by atoms with E-state index in [2.05, 4.69) is 17.2 Å². The summed E-state index contributed by atoms with van der Waals surface area (Å²) in [5, 5.41) is 5.34. The average molecular weight is 296 g/mol. The van der Waals surface area contributed by atoms with Crippen LogP contribution in [0.4, 0.5) is 0 Å². The van der Waals surface area contributed by atoms with Crippen LogP contribution in [0.5, 0.6) is 0 Å². The molecule has 0 aromatic carbocycles. The van der Waals surface area contributed by atoms with Gasteiger partial charge in [0.25, 0.3) is 0 Å². The fraction of sp³-hybridized carbons (Fsp3) is 0.533. The van der Waals surface area contributed by atoms with Crippen molar-refractivity contribution in [2.45, 2.75) is 39.7 Å². The van der Waals surface area contributed by atoms with Crippen molar-refractivity contribution in [3.63, 3.8) is 0 Å². The number of carbonyl (C=O) groups is 3. The number of esters is 1. The summed E-state index contributed by atoms with van der Waals surface area (Å²) in [7, 11) is 0. The van der Waals surface area contributed by atoms with E-state index in [0.717, 1.165) is 25.0 Å². The average Bonchev–Trinajstić information content (AvgIpc) is 2.39. The van der Waals surface area contributed by atoms with Crippen molar-refractivity contribution in [2.75, 3.05) is 13.1 Å². The Morgan fingerprint density at radius 2 is 1.67 bits per heavy atom. The second kappa shape index (κ2) is 10.7.